The van der Waals surface area contributed by atoms with Gasteiger partial charge in [0.05, 0.1) is 6.20 Å². The summed E-state index contributed by atoms with van der Waals surface area (Å²) in [6.07, 6.45) is 1.72. The van der Waals surface area contributed by atoms with Gasteiger partial charge < -0.3 is 15.8 Å². The fourth-order valence-electron chi connectivity index (χ4n) is 0.951. The molecule has 0 unspecified atom stereocenters. The van der Waals surface area contributed by atoms with Gasteiger partial charge >= 0.3 is 0 Å². The van der Waals surface area contributed by atoms with Crippen LogP contribution >= 0.6 is 15.9 Å². The molecule has 0 spiro atoms. The Morgan fingerprint density at radius 3 is 3.00 bits per heavy atom. The zero-order chi connectivity index (χ0) is 9.26. The zero-order valence-corrected chi connectivity index (χ0v) is 8.41. The van der Waals surface area contributed by atoms with E-state index >= 15 is 0 Å². The molecular weight excluding hydrogens is 236 g/mol. The molecule has 13 heavy (non-hydrogen) atoms. The van der Waals surface area contributed by atoms with E-state index in [-0.39, 0.29) is 6.10 Å². The number of nitrogens with two attached hydrogens (primary N) is 1. The summed E-state index contributed by atoms with van der Waals surface area (Å²) in [7, 11) is 0. The summed E-state index contributed by atoms with van der Waals surface area (Å²) in [6.45, 7) is 1.68. The third-order valence-corrected chi connectivity index (χ3v) is 2.14. The summed E-state index contributed by atoms with van der Waals surface area (Å²) < 4.78 is 6.10. The number of hydrogen-bond acceptors (Lipinski definition) is 5. The molecule has 1 fully saturated rings. The van der Waals surface area contributed by atoms with Crippen molar-refractivity contribution < 1.29 is 4.74 Å². The number of hydrogen-bond donors (Lipinski definition) is 2. The van der Waals surface area contributed by atoms with E-state index in [1.807, 2.05) is 0 Å². The minimum atomic E-state index is 0.172. The smallest absolute Gasteiger partial charge is 0.258 e. The second kappa shape index (κ2) is 3.47. The Kier molecular flexibility index (Phi) is 2.32. The third kappa shape index (κ3) is 1.89. The van der Waals surface area contributed by atoms with Crippen LogP contribution in [0.4, 0.5) is 5.82 Å². The van der Waals surface area contributed by atoms with Gasteiger partial charge in [-0.25, -0.2) is 9.97 Å². The number of nitrogen functional groups attached to an aromatic ring is 1. The minimum Gasteiger partial charge on any atom is -0.469 e. The van der Waals surface area contributed by atoms with Crippen LogP contribution in [0.25, 0.3) is 0 Å². The van der Waals surface area contributed by atoms with E-state index in [1.165, 1.54) is 0 Å². The lowest BCUT2D eigenvalue weighted by molar-refractivity contribution is 0.136. The molecule has 2 rings (SSSR count). The minimum absolute atomic E-state index is 0.172. The largest absolute Gasteiger partial charge is 0.469 e. The van der Waals surface area contributed by atoms with E-state index in [1.54, 1.807) is 6.20 Å². The highest BCUT2D eigenvalue weighted by atomic mass is 79.9. The van der Waals surface area contributed by atoms with Gasteiger partial charge in [-0.2, -0.15) is 0 Å². The average Bonchev–Trinajstić information content (AvgIpc) is 2.03. The SMILES string of the molecule is Nc1ncc(Br)nc1OC1CNC1. The topological polar surface area (TPSA) is 73.1 Å². The van der Waals surface area contributed by atoms with Crippen molar-refractivity contribution in [1.29, 1.82) is 0 Å². The first-order valence-corrected chi connectivity index (χ1v) is 4.70. The van der Waals surface area contributed by atoms with Crippen LogP contribution in [0.3, 0.4) is 0 Å². The summed E-state index contributed by atoms with van der Waals surface area (Å²) in [5, 5.41) is 3.09. The predicted octanol–water partition coefficient (Wildman–Crippen LogP) is 0.172. The molecule has 0 saturated carbocycles. The van der Waals surface area contributed by atoms with E-state index in [0.29, 0.717) is 16.3 Å². The van der Waals surface area contributed by atoms with Gasteiger partial charge in [-0.15, -0.1) is 0 Å². The molecule has 0 bridgehead atoms. The summed E-state index contributed by atoms with van der Waals surface area (Å²) in [6, 6.07) is 0. The average molecular weight is 245 g/mol. The van der Waals surface area contributed by atoms with Gasteiger partial charge in [0.1, 0.15) is 10.7 Å². The van der Waals surface area contributed by atoms with Crippen molar-refractivity contribution in [1.82, 2.24) is 15.3 Å². The predicted molar refractivity (Wildman–Crippen MR) is 51.4 cm³/mol. The van der Waals surface area contributed by atoms with Crippen LogP contribution in [0, 0.1) is 0 Å². The van der Waals surface area contributed by atoms with Gasteiger partial charge in [-0.1, -0.05) is 0 Å². The van der Waals surface area contributed by atoms with E-state index < -0.39 is 0 Å². The monoisotopic (exact) mass is 244 g/mol. The Labute approximate surface area is 83.8 Å². The zero-order valence-electron chi connectivity index (χ0n) is 6.83. The van der Waals surface area contributed by atoms with Crippen molar-refractivity contribution in [2.24, 2.45) is 0 Å². The Bertz CT molecular complexity index is 315. The van der Waals surface area contributed by atoms with Crippen molar-refractivity contribution in [3.05, 3.63) is 10.8 Å². The highest BCUT2D eigenvalue weighted by Crippen LogP contribution is 2.19. The molecular formula is C7H9BrN4O. The molecule has 6 heteroatoms. The van der Waals surface area contributed by atoms with Gasteiger partial charge in [-0.3, -0.25) is 0 Å². The molecule has 0 atom stereocenters. The van der Waals surface area contributed by atoms with Crippen LogP contribution in [0.1, 0.15) is 0 Å². The molecule has 0 aliphatic carbocycles. The fourth-order valence-corrected chi connectivity index (χ4v) is 1.21. The van der Waals surface area contributed by atoms with Crippen LogP contribution in [-0.4, -0.2) is 29.2 Å². The summed E-state index contributed by atoms with van der Waals surface area (Å²) in [5.41, 5.74) is 5.58. The van der Waals surface area contributed by atoms with Gasteiger partial charge in [0.2, 0.25) is 0 Å². The van der Waals surface area contributed by atoms with Crippen LogP contribution < -0.4 is 15.8 Å². The normalized spacial score (nSPS) is 16.7. The number of aromatic nitrogens is 2. The van der Waals surface area contributed by atoms with Gasteiger partial charge in [0.25, 0.3) is 5.88 Å². The number of anilines is 1. The molecule has 5 nitrogen and oxygen atoms in total. The van der Waals surface area contributed by atoms with Crippen LogP contribution in [0.5, 0.6) is 5.88 Å². The number of rotatable bonds is 2. The molecule has 3 N–H and O–H groups in total. The lowest BCUT2D eigenvalue weighted by atomic mass is 10.2. The lowest BCUT2D eigenvalue weighted by Crippen LogP contribution is -2.50. The highest BCUT2D eigenvalue weighted by Gasteiger charge is 2.20. The quantitative estimate of drug-likeness (QED) is 0.777. The molecule has 1 aliphatic heterocycles. The van der Waals surface area contributed by atoms with Crippen LogP contribution in [-0.2, 0) is 0 Å². The number of ether oxygens (including phenoxy) is 1. The number of nitrogens with zero attached hydrogens (tertiary/aromatic N) is 2. The molecule has 0 aromatic carbocycles. The molecule has 1 saturated heterocycles. The molecule has 1 aromatic rings. The molecule has 0 radical (unpaired) electrons. The first kappa shape index (κ1) is 8.71. The summed E-state index contributed by atoms with van der Waals surface area (Å²) in [5.74, 6) is 0.732. The third-order valence-electron chi connectivity index (χ3n) is 1.76. The van der Waals surface area contributed by atoms with Gasteiger partial charge in [-0.05, 0) is 15.9 Å². The lowest BCUT2D eigenvalue weighted by Gasteiger charge is -2.27. The summed E-state index contributed by atoms with van der Waals surface area (Å²) in [4.78, 5) is 7.99. The maximum Gasteiger partial charge on any atom is 0.258 e. The van der Waals surface area contributed by atoms with Crippen molar-refractivity contribution in [2.75, 3.05) is 18.8 Å². The molecule has 1 aromatic heterocycles. The van der Waals surface area contributed by atoms with Crippen molar-refractivity contribution in [3.63, 3.8) is 0 Å². The Morgan fingerprint density at radius 1 is 1.62 bits per heavy atom. The number of halogens is 1. The second-order valence-corrected chi connectivity index (χ2v) is 3.59. The van der Waals surface area contributed by atoms with E-state index in [0.717, 1.165) is 13.1 Å². The highest BCUT2D eigenvalue weighted by molar-refractivity contribution is 9.10. The maximum atomic E-state index is 5.58. The van der Waals surface area contributed by atoms with E-state index in [9.17, 15) is 0 Å². The summed E-state index contributed by atoms with van der Waals surface area (Å²) >= 11 is 3.20. The van der Waals surface area contributed by atoms with Crippen molar-refractivity contribution in [3.8, 4) is 5.88 Å². The maximum absolute atomic E-state index is 5.58. The van der Waals surface area contributed by atoms with Gasteiger partial charge in [0, 0.05) is 13.1 Å². The van der Waals surface area contributed by atoms with E-state index in [4.69, 9.17) is 10.5 Å². The Hall–Kier alpha value is -0.880. The van der Waals surface area contributed by atoms with Gasteiger partial charge in [0.15, 0.2) is 5.82 Å². The first-order chi connectivity index (χ1) is 6.25. The van der Waals surface area contributed by atoms with Crippen LogP contribution in [0.15, 0.2) is 10.8 Å². The molecule has 70 valence electrons. The fraction of sp³-hybridized carbons (Fsp3) is 0.429. The van der Waals surface area contributed by atoms with Crippen LogP contribution in [0.2, 0.25) is 0 Å². The Balaban J connectivity index is 2.13. The first-order valence-electron chi connectivity index (χ1n) is 3.91. The standard InChI is InChI=1S/C7H9BrN4O/c8-5-3-11-6(9)7(12-5)13-4-1-10-2-4/h3-4,10H,1-2H2,(H2,9,11). The number of nitrogens with one attached hydrogen (secondary N) is 1. The second-order valence-electron chi connectivity index (χ2n) is 2.78. The molecule has 0 amide bonds. The van der Waals surface area contributed by atoms with Crippen molar-refractivity contribution >= 4 is 21.7 Å². The van der Waals surface area contributed by atoms with E-state index in [2.05, 4.69) is 31.2 Å². The Morgan fingerprint density at radius 2 is 2.38 bits per heavy atom. The molecule has 1 aliphatic rings. The molecule has 2 heterocycles. The van der Waals surface area contributed by atoms with Crippen molar-refractivity contribution in [2.45, 2.75) is 6.10 Å².